The number of benzene rings is 1. The number of urea groups is 1. The van der Waals surface area contributed by atoms with E-state index in [1.165, 1.54) is 19.3 Å². The van der Waals surface area contributed by atoms with E-state index in [0.29, 0.717) is 6.04 Å². The molecule has 1 fully saturated rings. The Morgan fingerprint density at radius 2 is 1.90 bits per heavy atom. The van der Waals surface area contributed by atoms with Crippen LogP contribution in [0.3, 0.4) is 0 Å². The number of carbonyl (C=O) groups is 1. The molecule has 2 rings (SSSR count). The minimum absolute atomic E-state index is 0.221. The van der Waals surface area contributed by atoms with Crippen LogP contribution in [0.5, 0.6) is 0 Å². The quantitative estimate of drug-likeness (QED) is 0.640. The zero-order chi connectivity index (χ0) is 14.0. The van der Waals surface area contributed by atoms with Crippen molar-refractivity contribution in [2.24, 2.45) is 5.10 Å². The van der Waals surface area contributed by atoms with Gasteiger partial charge in [-0.3, -0.25) is 0 Å². The van der Waals surface area contributed by atoms with Crippen molar-refractivity contribution < 1.29 is 4.79 Å². The van der Waals surface area contributed by atoms with Gasteiger partial charge >= 0.3 is 6.03 Å². The summed E-state index contributed by atoms with van der Waals surface area (Å²) in [6.45, 7) is 0. The second-order valence-corrected chi connectivity index (χ2v) is 4.97. The molecule has 0 heterocycles. The molecule has 0 atom stereocenters. The van der Waals surface area contributed by atoms with Gasteiger partial charge in [0.15, 0.2) is 0 Å². The molecule has 1 aliphatic carbocycles. The second kappa shape index (κ2) is 8.15. The molecule has 4 nitrogen and oxygen atoms in total. The Hall–Kier alpha value is -2.10. The number of hydrogen-bond donors (Lipinski definition) is 2. The summed E-state index contributed by atoms with van der Waals surface area (Å²) in [5.74, 6) is 0. The largest absolute Gasteiger partial charge is 0.335 e. The molecule has 2 amide bonds. The van der Waals surface area contributed by atoms with Gasteiger partial charge in [0.05, 0.1) is 0 Å². The number of nitrogens with one attached hydrogen (secondary N) is 2. The maximum atomic E-state index is 11.6. The topological polar surface area (TPSA) is 53.5 Å². The van der Waals surface area contributed by atoms with Crippen molar-refractivity contribution in [1.29, 1.82) is 0 Å². The first-order valence-corrected chi connectivity index (χ1v) is 7.16. The van der Waals surface area contributed by atoms with Crippen molar-refractivity contribution >= 4 is 18.3 Å². The number of allylic oxidation sites excluding steroid dienone is 1. The molecule has 1 aromatic carbocycles. The Morgan fingerprint density at radius 3 is 2.65 bits per heavy atom. The van der Waals surface area contributed by atoms with Gasteiger partial charge in [0.1, 0.15) is 0 Å². The fourth-order valence-corrected chi connectivity index (χ4v) is 2.32. The lowest BCUT2D eigenvalue weighted by Crippen LogP contribution is -2.41. The Labute approximate surface area is 120 Å². The summed E-state index contributed by atoms with van der Waals surface area (Å²) in [7, 11) is 0. The van der Waals surface area contributed by atoms with Gasteiger partial charge < -0.3 is 5.32 Å². The molecule has 0 unspecified atom stereocenters. The molecule has 1 saturated carbocycles. The first-order chi connectivity index (χ1) is 9.84. The Morgan fingerprint density at radius 1 is 1.15 bits per heavy atom. The lowest BCUT2D eigenvalue weighted by atomic mass is 9.96. The van der Waals surface area contributed by atoms with Crippen LogP contribution in [-0.2, 0) is 0 Å². The Balaban J connectivity index is 1.67. The Kier molecular flexibility index (Phi) is 5.83. The Bertz CT molecular complexity index is 462. The van der Waals surface area contributed by atoms with Gasteiger partial charge in [-0.05, 0) is 24.5 Å². The molecule has 1 aliphatic rings. The monoisotopic (exact) mass is 271 g/mol. The maximum Gasteiger partial charge on any atom is 0.335 e. The van der Waals surface area contributed by atoms with Crippen LogP contribution >= 0.6 is 0 Å². The molecule has 0 bridgehead atoms. The number of amides is 2. The van der Waals surface area contributed by atoms with Crippen molar-refractivity contribution in [2.75, 3.05) is 0 Å². The molecule has 2 N–H and O–H groups in total. The number of hydrazone groups is 1. The summed E-state index contributed by atoms with van der Waals surface area (Å²) >= 11 is 0. The maximum absolute atomic E-state index is 11.6. The smallest absolute Gasteiger partial charge is 0.334 e. The molecule has 106 valence electrons. The van der Waals surface area contributed by atoms with Gasteiger partial charge in [0.2, 0.25) is 0 Å². The average molecular weight is 271 g/mol. The molecule has 4 heteroatoms. The highest BCUT2D eigenvalue weighted by molar-refractivity contribution is 5.80. The van der Waals surface area contributed by atoms with Crippen LogP contribution in [0.15, 0.2) is 41.5 Å². The van der Waals surface area contributed by atoms with Crippen LogP contribution < -0.4 is 10.7 Å². The van der Waals surface area contributed by atoms with E-state index in [2.05, 4.69) is 15.8 Å². The van der Waals surface area contributed by atoms with Crippen LogP contribution in [0.25, 0.3) is 6.08 Å². The van der Waals surface area contributed by atoms with Gasteiger partial charge in [0, 0.05) is 12.3 Å². The van der Waals surface area contributed by atoms with Crippen LogP contribution in [0, 0.1) is 0 Å². The van der Waals surface area contributed by atoms with Gasteiger partial charge in [-0.2, -0.15) is 5.10 Å². The molecule has 0 saturated heterocycles. The molecule has 0 aliphatic heterocycles. The SMILES string of the molecule is O=C(NN=C/C=C/c1ccccc1)NC1CCCCC1. The van der Waals surface area contributed by atoms with Gasteiger partial charge in [0.25, 0.3) is 0 Å². The van der Waals surface area contributed by atoms with E-state index in [1.807, 2.05) is 36.4 Å². The van der Waals surface area contributed by atoms with Crippen LogP contribution in [-0.4, -0.2) is 18.3 Å². The zero-order valence-corrected chi connectivity index (χ0v) is 11.6. The van der Waals surface area contributed by atoms with E-state index in [4.69, 9.17) is 0 Å². The number of hydrogen-bond acceptors (Lipinski definition) is 2. The van der Waals surface area contributed by atoms with Crippen molar-refractivity contribution in [2.45, 2.75) is 38.1 Å². The number of nitrogens with zero attached hydrogens (tertiary/aromatic N) is 1. The molecule has 1 aromatic rings. The average Bonchev–Trinajstić information content (AvgIpc) is 2.49. The summed E-state index contributed by atoms with van der Waals surface area (Å²) in [4.78, 5) is 11.6. The van der Waals surface area contributed by atoms with Crippen molar-refractivity contribution in [3.63, 3.8) is 0 Å². The standard InChI is InChI=1S/C16H21N3O/c20-16(18-15-11-5-2-6-12-15)19-17-13-7-10-14-8-3-1-4-9-14/h1,3-4,7-10,13,15H,2,5-6,11-12H2,(H2,18,19,20)/b10-7+,17-13?. The lowest BCUT2D eigenvalue weighted by Gasteiger charge is -2.22. The third-order valence-corrected chi connectivity index (χ3v) is 3.36. The van der Waals surface area contributed by atoms with Crippen LogP contribution in [0.2, 0.25) is 0 Å². The highest BCUT2D eigenvalue weighted by atomic mass is 16.2. The minimum Gasteiger partial charge on any atom is -0.334 e. The van der Waals surface area contributed by atoms with E-state index in [0.717, 1.165) is 18.4 Å². The fourth-order valence-electron chi connectivity index (χ4n) is 2.32. The van der Waals surface area contributed by atoms with Gasteiger partial charge in [-0.25, -0.2) is 10.2 Å². The molecule has 0 spiro atoms. The first-order valence-electron chi connectivity index (χ1n) is 7.16. The van der Waals surface area contributed by atoms with Crippen molar-refractivity contribution in [3.8, 4) is 0 Å². The molecule has 0 radical (unpaired) electrons. The molecular formula is C16H21N3O. The highest BCUT2D eigenvalue weighted by Crippen LogP contribution is 2.16. The summed E-state index contributed by atoms with van der Waals surface area (Å²) in [6.07, 6.45) is 11.1. The fraction of sp³-hybridized carbons (Fsp3) is 0.375. The minimum atomic E-state index is -0.221. The van der Waals surface area contributed by atoms with Gasteiger partial charge in [-0.1, -0.05) is 55.7 Å². The first kappa shape index (κ1) is 14.3. The van der Waals surface area contributed by atoms with Crippen molar-refractivity contribution in [3.05, 3.63) is 42.0 Å². The lowest BCUT2D eigenvalue weighted by molar-refractivity contribution is 0.233. The van der Waals surface area contributed by atoms with E-state index in [1.54, 1.807) is 12.3 Å². The summed E-state index contributed by atoms with van der Waals surface area (Å²) in [6, 6.07) is 10.0. The summed E-state index contributed by atoms with van der Waals surface area (Å²) in [5, 5.41) is 6.82. The van der Waals surface area contributed by atoms with E-state index in [-0.39, 0.29) is 6.03 Å². The van der Waals surface area contributed by atoms with E-state index >= 15 is 0 Å². The van der Waals surface area contributed by atoms with Crippen LogP contribution in [0.4, 0.5) is 4.79 Å². The van der Waals surface area contributed by atoms with Gasteiger partial charge in [-0.15, -0.1) is 0 Å². The summed E-state index contributed by atoms with van der Waals surface area (Å²) in [5.41, 5.74) is 3.59. The predicted octanol–water partition coefficient (Wildman–Crippen LogP) is 3.32. The molecule has 20 heavy (non-hydrogen) atoms. The van der Waals surface area contributed by atoms with E-state index < -0.39 is 0 Å². The normalized spacial score (nSPS) is 16.6. The second-order valence-electron chi connectivity index (χ2n) is 4.97. The molecular weight excluding hydrogens is 250 g/mol. The predicted molar refractivity (Wildman–Crippen MR) is 82.5 cm³/mol. The van der Waals surface area contributed by atoms with E-state index in [9.17, 15) is 4.79 Å². The zero-order valence-electron chi connectivity index (χ0n) is 11.6. The third kappa shape index (κ3) is 5.26. The van der Waals surface area contributed by atoms with Crippen molar-refractivity contribution in [1.82, 2.24) is 10.7 Å². The third-order valence-electron chi connectivity index (χ3n) is 3.36. The molecule has 0 aromatic heterocycles. The highest BCUT2D eigenvalue weighted by Gasteiger charge is 2.14. The number of carbonyl (C=O) groups excluding carboxylic acids is 1. The number of rotatable bonds is 4. The van der Waals surface area contributed by atoms with Crippen LogP contribution in [0.1, 0.15) is 37.7 Å². The summed E-state index contributed by atoms with van der Waals surface area (Å²) < 4.78 is 0.